The number of thiophene rings is 1. The van der Waals surface area contributed by atoms with Gasteiger partial charge in [-0.1, -0.05) is 0 Å². The summed E-state index contributed by atoms with van der Waals surface area (Å²) in [4.78, 5) is 23.3. The lowest BCUT2D eigenvalue weighted by molar-refractivity contribution is 0.0794. The van der Waals surface area contributed by atoms with Gasteiger partial charge in [0.1, 0.15) is 23.9 Å². The van der Waals surface area contributed by atoms with Gasteiger partial charge in [-0.2, -0.15) is 0 Å². The fraction of sp³-hybridized carbons (Fsp3) is 0.438. The highest BCUT2D eigenvalue weighted by Crippen LogP contribution is 2.39. The van der Waals surface area contributed by atoms with Gasteiger partial charge in [0.15, 0.2) is 11.5 Å². The van der Waals surface area contributed by atoms with Crippen molar-refractivity contribution in [2.75, 3.05) is 31.2 Å². The number of rotatable bonds is 3. The molecule has 4 rings (SSSR count). The van der Waals surface area contributed by atoms with Crippen molar-refractivity contribution in [3.8, 4) is 11.5 Å². The maximum Gasteiger partial charge on any atom is 0.265 e. The summed E-state index contributed by atoms with van der Waals surface area (Å²) in [6.07, 6.45) is 4.83. The van der Waals surface area contributed by atoms with Gasteiger partial charge in [0.05, 0.1) is 18.3 Å². The third-order valence-corrected chi connectivity index (χ3v) is 5.22. The van der Waals surface area contributed by atoms with Crippen LogP contribution in [-0.2, 0) is 0 Å². The standard InChI is InChI=1S/C16H18N4O4S/c21-11-8-20(13-7-17-2-3-18-13)4-1-10(11)19-16(22)15-14-12(9-25-15)23-5-6-24-14/h2-3,7,9-11,21H,1,4-6,8H2,(H,19,22). The number of fused-ring (bicyclic) bond motifs is 1. The van der Waals surface area contributed by atoms with E-state index in [-0.39, 0.29) is 11.9 Å². The second-order valence-electron chi connectivity index (χ2n) is 5.90. The molecule has 25 heavy (non-hydrogen) atoms. The number of carbonyl (C=O) groups is 1. The zero-order valence-corrected chi connectivity index (χ0v) is 14.2. The van der Waals surface area contributed by atoms with Crippen LogP contribution < -0.4 is 19.7 Å². The minimum atomic E-state index is -0.687. The van der Waals surface area contributed by atoms with E-state index in [9.17, 15) is 9.90 Å². The summed E-state index contributed by atoms with van der Waals surface area (Å²) in [7, 11) is 0. The molecular weight excluding hydrogens is 344 g/mol. The number of anilines is 1. The number of amides is 1. The molecule has 0 aliphatic carbocycles. The molecule has 2 aromatic heterocycles. The van der Waals surface area contributed by atoms with E-state index in [4.69, 9.17) is 9.47 Å². The van der Waals surface area contributed by atoms with Gasteiger partial charge < -0.3 is 24.8 Å². The van der Waals surface area contributed by atoms with Crippen molar-refractivity contribution in [3.63, 3.8) is 0 Å². The first-order chi connectivity index (χ1) is 12.2. The normalized spacial score (nSPS) is 22.5. The molecule has 0 radical (unpaired) electrons. The van der Waals surface area contributed by atoms with E-state index in [2.05, 4.69) is 15.3 Å². The van der Waals surface area contributed by atoms with Crippen molar-refractivity contribution in [2.24, 2.45) is 0 Å². The lowest BCUT2D eigenvalue weighted by Gasteiger charge is -2.36. The first-order valence-electron chi connectivity index (χ1n) is 8.09. The Bertz CT molecular complexity index is 754. The number of aliphatic hydroxyl groups is 1. The van der Waals surface area contributed by atoms with Crippen LogP contribution in [0.3, 0.4) is 0 Å². The van der Waals surface area contributed by atoms with E-state index in [0.29, 0.717) is 49.1 Å². The summed E-state index contributed by atoms with van der Waals surface area (Å²) in [6.45, 7) is 2.00. The predicted molar refractivity (Wildman–Crippen MR) is 91.4 cm³/mol. The van der Waals surface area contributed by atoms with Crippen LogP contribution in [0, 0.1) is 0 Å². The van der Waals surface area contributed by atoms with Gasteiger partial charge in [-0.15, -0.1) is 11.3 Å². The second-order valence-corrected chi connectivity index (χ2v) is 6.78. The summed E-state index contributed by atoms with van der Waals surface area (Å²) >= 11 is 1.29. The molecule has 2 aliphatic heterocycles. The molecule has 1 fully saturated rings. The number of nitrogens with one attached hydrogen (secondary N) is 1. The van der Waals surface area contributed by atoms with Gasteiger partial charge in [0.2, 0.25) is 0 Å². The molecule has 0 aromatic carbocycles. The number of hydrogen-bond acceptors (Lipinski definition) is 8. The van der Waals surface area contributed by atoms with Crippen molar-refractivity contribution in [2.45, 2.75) is 18.6 Å². The zero-order chi connectivity index (χ0) is 17.2. The second kappa shape index (κ2) is 6.85. The van der Waals surface area contributed by atoms with E-state index in [1.54, 1.807) is 24.0 Å². The van der Waals surface area contributed by atoms with E-state index < -0.39 is 6.10 Å². The summed E-state index contributed by atoms with van der Waals surface area (Å²) < 4.78 is 11.0. The Balaban J connectivity index is 1.40. The number of aromatic nitrogens is 2. The maximum absolute atomic E-state index is 12.6. The lowest BCUT2D eigenvalue weighted by Crippen LogP contribution is -2.54. The molecule has 132 valence electrons. The van der Waals surface area contributed by atoms with Gasteiger partial charge in [-0.05, 0) is 6.42 Å². The highest BCUT2D eigenvalue weighted by molar-refractivity contribution is 7.12. The number of nitrogens with zero attached hydrogens (tertiary/aromatic N) is 3. The Kier molecular flexibility index (Phi) is 4.41. The molecule has 4 heterocycles. The topological polar surface area (TPSA) is 96.8 Å². The van der Waals surface area contributed by atoms with Crippen LogP contribution in [0.15, 0.2) is 24.0 Å². The molecular formula is C16H18N4O4S. The predicted octanol–water partition coefficient (Wildman–Crippen LogP) is 0.679. The molecule has 0 spiro atoms. The zero-order valence-electron chi connectivity index (χ0n) is 13.4. The Morgan fingerprint density at radius 2 is 2.24 bits per heavy atom. The van der Waals surface area contributed by atoms with Crippen molar-refractivity contribution in [1.82, 2.24) is 15.3 Å². The Morgan fingerprint density at radius 1 is 1.36 bits per heavy atom. The Hall–Kier alpha value is -2.39. The summed E-state index contributed by atoms with van der Waals surface area (Å²) in [6, 6.07) is -0.317. The van der Waals surface area contributed by atoms with Gasteiger partial charge in [-0.25, -0.2) is 4.98 Å². The summed E-state index contributed by atoms with van der Waals surface area (Å²) in [5.41, 5.74) is 0. The molecule has 0 saturated carbocycles. The van der Waals surface area contributed by atoms with Crippen molar-refractivity contribution in [3.05, 3.63) is 28.8 Å². The molecule has 2 unspecified atom stereocenters. The summed E-state index contributed by atoms with van der Waals surface area (Å²) in [5.74, 6) is 1.60. The van der Waals surface area contributed by atoms with Crippen molar-refractivity contribution in [1.29, 1.82) is 0 Å². The molecule has 2 aliphatic rings. The maximum atomic E-state index is 12.6. The fourth-order valence-corrected chi connectivity index (χ4v) is 3.85. The first-order valence-corrected chi connectivity index (χ1v) is 8.97. The number of piperidine rings is 1. The Labute approximate surface area is 148 Å². The smallest absolute Gasteiger partial charge is 0.265 e. The molecule has 1 saturated heterocycles. The molecule has 9 heteroatoms. The number of hydrogen-bond donors (Lipinski definition) is 2. The SMILES string of the molecule is O=C(NC1CCN(c2cnccn2)CC1O)c1scc2c1OCCO2. The van der Waals surface area contributed by atoms with Crippen molar-refractivity contribution >= 4 is 23.1 Å². The monoisotopic (exact) mass is 362 g/mol. The van der Waals surface area contributed by atoms with Crippen molar-refractivity contribution < 1.29 is 19.4 Å². The molecule has 2 N–H and O–H groups in total. The van der Waals surface area contributed by atoms with Gasteiger partial charge in [0, 0.05) is 30.9 Å². The number of carbonyl (C=O) groups excluding carboxylic acids is 1. The van der Waals surface area contributed by atoms with E-state index in [0.717, 1.165) is 5.82 Å². The third kappa shape index (κ3) is 3.24. The molecule has 1 amide bonds. The number of β-amino-alcohol motifs (C(OH)–C–C–N with tert-alkyl or cyclic N) is 1. The molecule has 2 atom stereocenters. The van der Waals surface area contributed by atoms with Gasteiger partial charge >= 0.3 is 0 Å². The molecule has 0 bridgehead atoms. The number of ether oxygens (including phenoxy) is 2. The molecule has 8 nitrogen and oxygen atoms in total. The van der Waals surface area contributed by atoms with Crippen LogP contribution in [-0.4, -0.2) is 59.4 Å². The van der Waals surface area contributed by atoms with Crippen LogP contribution in [0.25, 0.3) is 0 Å². The van der Waals surface area contributed by atoms with E-state index in [1.165, 1.54) is 11.3 Å². The highest BCUT2D eigenvalue weighted by atomic mass is 32.1. The Morgan fingerprint density at radius 3 is 3.04 bits per heavy atom. The average molecular weight is 362 g/mol. The van der Waals surface area contributed by atoms with E-state index >= 15 is 0 Å². The van der Waals surface area contributed by atoms with Gasteiger partial charge in [0.25, 0.3) is 5.91 Å². The van der Waals surface area contributed by atoms with Crippen LogP contribution in [0.2, 0.25) is 0 Å². The van der Waals surface area contributed by atoms with Crippen LogP contribution >= 0.6 is 11.3 Å². The van der Waals surface area contributed by atoms with E-state index in [1.807, 2.05) is 4.90 Å². The molecule has 2 aromatic rings. The summed E-state index contributed by atoms with van der Waals surface area (Å²) in [5, 5.41) is 15.1. The van der Waals surface area contributed by atoms with Crippen LogP contribution in [0.4, 0.5) is 5.82 Å². The largest absolute Gasteiger partial charge is 0.485 e. The quantitative estimate of drug-likeness (QED) is 0.829. The minimum Gasteiger partial charge on any atom is -0.485 e. The highest BCUT2D eigenvalue weighted by Gasteiger charge is 2.31. The number of aliphatic hydroxyl groups excluding tert-OH is 1. The average Bonchev–Trinajstić information content (AvgIpc) is 3.08. The first kappa shape index (κ1) is 16.1. The van der Waals surface area contributed by atoms with Crippen LogP contribution in [0.5, 0.6) is 11.5 Å². The fourth-order valence-electron chi connectivity index (χ4n) is 3.02. The lowest BCUT2D eigenvalue weighted by atomic mass is 10.0. The van der Waals surface area contributed by atoms with Crippen LogP contribution in [0.1, 0.15) is 16.1 Å². The minimum absolute atomic E-state index is 0.242. The third-order valence-electron chi connectivity index (χ3n) is 4.28. The van der Waals surface area contributed by atoms with Gasteiger partial charge in [-0.3, -0.25) is 9.78 Å².